The molecule has 1 N–H and O–H groups in total. The molecule has 1 aromatic carbocycles. The van der Waals surface area contributed by atoms with E-state index in [1.54, 1.807) is 25.1 Å². The molecular weight excluding hydrogens is 333 g/mol. The minimum Gasteiger partial charge on any atom is -0.455 e. The molecule has 1 fully saturated rings. The van der Waals surface area contributed by atoms with Crippen LogP contribution in [0.2, 0.25) is 0 Å². The van der Waals surface area contributed by atoms with Gasteiger partial charge in [-0.2, -0.15) is 0 Å². The van der Waals surface area contributed by atoms with Crippen molar-refractivity contribution < 1.29 is 23.8 Å². The lowest BCUT2D eigenvalue weighted by Gasteiger charge is -2.12. The number of hydrogen-bond acceptors (Lipinski definition) is 5. The van der Waals surface area contributed by atoms with Gasteiger partial charge in [0.05, 0.1) is 0 Å². The number of ether oxygens (including phenoxy) is 3. The van der Waals surface area contributed by atoms with E-state index in [-0.39, 0.29) is 6.79 Å². The van der Waals surface area contributed by atoms with E-state index in [1.165, 1.54) is 0 Å². The topological polar surface area (TPSA) is 73.9 Å². The van der Waals surface area contributed by atoms with E-state index in [9.17, 15) is 9.59 Å². The lowest BCUT2D eigenvalue weighted by molar-refractivity contribution is -0.152. The van der Waals surface area contributed by atoms with E-state index in [2.05, 4.69) is 5.32 Å². The lowest BCUT2D eigenvalue weighted by atomic mass is 10.1. The molecule has 1 atom stereocenters. The zero-order valence-electron chi connectivity index (χ0n) is 11.7. The van der Waals surface area contributed by atoms with Gasteiger partial charge >= 0.3 is 5.97 Å². The van der Waals surface area contributed by atoms with Crippen molar-refractivity contribution in [2.24, 2.45) is 5.41 Å². The van der Waals surface area contributed by atoms with Crippen LogP contribution in [-0.4, -0.2) is 29.6 Å². The van der Waals surface area contributed by atoms with Crippen LogP contribution >= 0.6 is 23.2 Å². The molecule has 1 aliphatic carbocycles. The summed E-state index contributed by atoms with van der Waals surface area (Å²) in [4.78, 5) is 23.6. The second-order valence-corrected chi connectivity index (χ2v) is 6.89. The standard InChI is InChI=1S/C14H13Cl2NO5/c1-13(6-14(13,15)16)12(19)20-5-11(18)17-8-2-3-9-10(4-8)22-7-21-9/h2-4H,5-7H2,1H3,(H,17,18)/t13-/m1/s1. The van der Waals surface area contributed by atoms with E-state index in [4.69, 9.17) is 37.4 Å². The lowest BCUT2D eigenvalue weighted by Crippen LogP contribution is -2.26. The predicted molar refractivity (Wildman–Crippen MR) is 79.3 cm³/mol. The first-order valence-electron chi connectivity index (χ1n) is 6.56. The third kappa shape index (κ3) is 2.68. The molecule has 1 heterocycles. The third-order valence-corrected chi connectivity index (χ3v) is 4.80. The minimum atomic E-state index is -1.11. The van der Waals surface area contributed by atoms with Gasteiger partial charge in [0.1, 0.15) is 9.75 Å². The highest BCUT2D eigenvalue weighted by atomic mass is 35.5. The van der Waals surface area contributed by atoms with Crippen molar-refractivity contribution in [2.45, 2.75) is 17.7 Å². The molecule has 0 bridgehead atoms. The van der Waals surface area contributed by atoms with Crippen LogP contribution in [0.5, 0.6) is 11.5 Å². The molecule has 0 spiro atoms. The fraction of sp³-hybridized carbons (Fsp3) is 0.429. The molecule has 22 heavy (non-hydrogen) atoms. The highest BCUT2D eigenvalue weighted by molar-refractivity contribution is 6.53. The molecule has 2 aliphatic rings. The van der Waals surface area contributed by atoms with E-state index in [1.807, 2.05) is 0 Å². The maximum absolute atomic E-state index is 11.8. The maximum Gasteiger partial charge on any atom is 0.315 e. The first kappa shape index (κ1) is 15.2. The quantitative estimate of drug-likeness (QED) is 0.670. The third-order valence-electron chi connectivity index (χ3n) is 3.70. The Morgan fingerprint density at radius 1 is 1.32 bits per heavy atom. The van der Waals surface area contributed by atoms with Gasteiger partial charge in [-0.1, -0.05) is 0 Å². The summed E-state index contributed by atoms with van der Waals surface area (Å²) in [5.41, 5.74) is -0.429. The van der Waals surface area contributed by atoms with E-state index < -0.39 is 28.2 Å². The van der Waals surface area contributed by atoms with Crippen molar-refractivity contribution in [3.8, 4) is 11.5 Å². The normalized spacial score (nSPS) is 23.8. The van der Waals surface area contributed by atoms with Gasteiger partial charge in [-0.25, -0.2) is 0 Å². The predicted octanol–water partition coefficient (Wildman–Crippen LogP) is 2.48. The Morgan fingerprint density at radius 2 is 2.00 bits per heavy atom. The van der Waals surface area contributed by atoms with E-state index in [0.717, 1.165) is 0 Å². The van der Waals surface area contributed by atoms with Crippen LogP contribution in [-0.2, 0) is 14.3 Å². The molecule has 8 heteroatoms. The second kappa shape index (κ2) is 5.21. The number of rotatable bonds is 4. The fourth-order valence-electron chi connectivity index (χ4n) is 2.08. The number of fused-ring (bicyclic) bond motifs is 1. The molecule has 1 aliphatic heterocycles. The summed E-state index contributed by atoms with van der Waals surface area (Å²) in [6, 6.07) is 4.98. The maximum atomic E-state index is 11.8. The monoisotopic (exact) mass is 345 g/mol. The van der Waals surface area contributed by atoms with Gasteiger partial charge in [0.2, 0.25) is 6.79 Å². The van der Waals surface area contributed by atoms with Crippen molar-refractivity contribution in [2.75, 3.05) is 18.7 Å². The number of alkyl halides is 2. The van der Waals surface area contributed by atoms with Crippen molar-refractivity contribution in [1.82, 2.24) is 0 Å². The first-order chi connectivity index (χ1) is 10.3. The molecular formula is C14H13Cl2NO5. The van der Waals surface area contributed by atoms with Crippen molar-refractivity contribution in [3.05, 3.63) is 18.2 Å². The Hall–Kier alpha value is -1.66. The van der Waals surface area contributed by atoms with Gasteiger partial charge in [0, 0.05) is 18.2 Å². The molecule has 6 nitrogen and oxygen atoms in total. The molecule has 0 radical (unpaired) electrons. The molecule has 1 saturated carbocycles. The van der Waals surface area contributed by atoms with Crippen LogP contribution < -0.4 is 14.8 Å². The summed E-state index contributed by atoms with van der Waals surface area (Å²) in [6.07, 6.45) is 0.311. The number of anilines is 1. The Morgan fingerprint density at radius 3 is 2.68 bits per heavy atom. The van der Waals surface area contributed by atoms with Gasteiger partial charge in [-0.05, 0) is 19.1 Å². The summed E-state index contributed by atoms with van der Waals surface area (Å²) in [5.74, 6) is 0.116. The SMILES string of the molecule is C[C@]1(C(=O)OCC(=O)Nc2ccc3c(c2)OCO3)CC1(Cl)Cl. The van der Waals surface area contributed by atoms with Gasteiger partial charge in [0.25, 0.3) is 5.91 Å². The zero-order valence-corrected chi connectivity index (χ0v) is 13.2. The Kier molecular flexibility index (Phi) is 3.61. The summed E-state index contributed by atoms with van der Waals surface area (Å²) >= 11 is 11.8. The molecule has 118 valence electrons. The van der Waals surface area contributed by atoms with Crippen molar-refractivity contribution in [3.63, 3.8) is 0 Å². The minimum absolute atomic E-state index is 0.154. The Labute approximate surface area is 136 Å². The molecule has 1 aromatic rings. The zero-order chi connectivity index (χ0) is 16.0. The van der Waals surface area contributed by atoms with Crippen molar-refractivity contribution in [1.29, 1.82) is 0 Å². The summed E-state index contributed by atoms with van der Waals surface area (Å²) < 4.78 is 14.2. The number of halogens is 2. The number of benzene rings is 1. The highest BCUT2D eigenvalue weighted by Gasteiger charge is 2.69. The van der Waals surface area contributed by atoms with Gasteiger partial charge in [-0.15, -0.1) is 23.2 Å². The number of hydrogen-bond donors (Lipinski definition) is 1. The van der Waals surface area contributed by atoms with Crippen LogP contribution in [0.15, 0.2) is 18.2 Å². The second-order valence-electron chi connectivity index (χ2n) is 5.41. The molecule has 3 rings (SSSR count). The molecule has 0 aromatic heterocycles. The molecule has 1 amide bonds. The van der Waals surface area contributed by atoms with E-state index in [0.29, 0.717) is 23.6 Å². The largest absolute Gasteiger partial charge is 0.455 e. The number of esters is 1. The number of amides is 1. The van der Waals surface area contributed by atoms with Crippen molar-refractivity contribution >= 4 is 40.8 Å². The average molecular weight is 346 g/mol. The Balaban J connectivity index is 1.52. The smallest absolute Gasteiger partial charge is 0.315 e. The number of carbonyl (C=O) groups excluding carboxylic acids is 2. The number of carbonyl (C=O) groups is 2. The first-order valence-corrected chi connectivity index (χ1v) is 7.32. The molecule has 0 unspecified atom stereocenters. The van der Waals surface area contributed by atoms with Crippen LogP contribution in [0, 0.1) is 5.41 Å². The molecule has 0 saturated heterocycles. The van der Waals surface area contributed by atoms with Gasteiger partial charge < -0.3 is 19.5 Å². The van der Waals surface area contributed by atoms with Gasteiger partial charge in [-0.3, -0.25) is 9.59 Å². The van der Waals surface area contributed by atoms with Crippen LogP contribution in [0.25, 0.3) is 0 Å². The van der Waals surface area contributed by atoms with E-state index >= 15 is 0 Å². The summed E-state index contributed by atoms with van der Waals surface area (Å²) in [5, 5.41) is 2.60. The highest BCUT2D eigenvalue weighted by Crippen LogP contribution is 2.64. The number of nitrogens with one attached hydrogen (secondary N) is 1. The van der Waals surface area contributed by atoms with Gasteiger partial charge in [0.15, 0.2) is 18.1 Å². The van der Waals surface area contributed by atoms with Crippen LogP contribution in [0.1, 0.15) is 13.3 Å². The summed E-state index contributed by atoms with van der Waals surface area (Å²) in [6.45, 7) is 1.35. The fourth-order valence-corrected chi connectivity index (χ4v) is 2.77. The Bertz CT molecular complexity index is 648. The van der Waals surface area contributed by atoms with Crippen LogP contribution in [0.4, 0.5) is 5.69 Å². The summed E-state index contributed by atoms with van der Waals surface area (Å²) in [7, 11) is 0. The van der Waals surface area contributed by atoms with Crippen LogP contribution in [0.3, 0.4) is 0 Å². The average Bonchev–Trinajstić information content (AvgIpc) is 2.82.